The van der Waals surface area contributed by atoms with E-state index in [0.29, 0.717) is 5.56 Å². The highest BCUT2D eigenvalue weighted by Crippen LogP contribution is 2.46. The summed E-state index contributed by atoms with van der Waals surface area (Å²) in [4.78, 5) is 25.5. The van der Waals surface area contributed by atoms with Crippen molar-refractivity contribution in [2.75, 3.05) is 37.6 Å². The molecule has 0 unspecified atom stereocenters. The lowest BCUT2D eigenvalue weighted by atomic mass is 9.81. The number of hydrogen-bond acceptors (Lipinski definition) is 6. The SMILES string of the molecule is Cc1cc(F)ccc1CN1CCc2cc(-c3c(CN4CCC4)nc(C)c([C@H](OC(C)(C)C)C(=O)O)c3N3CCC(C)(C)CC3)ccc2C1. The van der Waals surface area contributed by atoms with Gasteiger partial charge in [0.1, 0.15) is 5.82 Å². The number of pyridine rings is 1. The second-order valence-electron chi connectivity index (χ2n) is 16.0. The summed E-state index contributed by atoms with van der Waals surface area (Å²) in [6, 6.07) is 11.9. The number of carboxylic acid groups (broad SMARTS) is 1. The van der Waals surface area contributed by atoms with Gasteiger partial charge in [0.15, 0.2) is 6.10 Å². The molecule has 2 fully saturated rings. The van der Waals surface area contributed by atoms with Crippen LogP contribution in [0.3, 0.4) is 0 Å². The third kappa shape index (κ3) is 7.61. The molecule has 2 saturated heterocycles. The Morgan fingerprint density at radius 3 is 2.33 bits per heavy atom. The van der Waals surface area contributed by atoms with Gasteiger partial charge in [0.2, 0.25) is 0 Å². The molecule has 0 aliphatic carbocycles. The third-order valence-electron chi connectivity index (χ3n) is 10.5. The van der Waals surface area contributed by atoms with Gasteiger partial charge in [-0.3, -0.25) is 14.8 Å². The Kier molecular flexibility index (Phi) is 9.73. The summed E-state index contributed by atoms with van der Waals surface area (Å²) in [5.41, 5.74) is 9.90. The molecular weight excluding hydrogens is 603 g/mol. The van der Waals surface area contributed by atoms with Crippen LogP contribution >= 0.6 is 0 Å². The summed E-state index contributed by atoms with van der Waals surface area (Å²) in [7, 11) is 0. The maximum Gasteiger partial charge on any atom is 0.337 e. The number of carboxylic acids is 1. The van der Waals surface area contributed by atoms with Crippen LogP contribution in [0.5, 0.6) is 0 Å². The minimum Gasteiger partial charge on any atom is -0.479 e. The smallest absolute Gasteiger partial charge is 0.337 e. The molecule has 4 heterocycles. The second kappa shape index (κ2) is 13.5. The highest BCUT2D eigenvalue weighted by atomic mass is 19.1. The molecule has 258 valence electrons. The molecular formula is C40H53FN4O3. The van der Waals surface area contributed by atoms with Crippen LogP contribution in [-0.4, -0.2) is 64.2 Å². The predicted octanol–water partition coefficient (Wildman–Crippen LogP) is 7.84. The van der Waals surface area contributed by atoms with Crippen LogP contribution in [-0.2, 0) is 35.6 Å². The fraction of sp³-hybridized carbons (Fsp3) is 0.550. The summed E-state index contributed by atoms with van der Waals surface area (Å²) >= 11 is 0. The number of benzene rings is 2. The number of halogens is 1. The van der Waals surface area contributed by atoms with Gasteiger partial charge in [-0.05, 0) is 119 Å². The van der Waals surface area contributed by atoms with Gasteiger partial charge in [0, 0.05) is 56.1 Å². The molecule has 0 bridgehead atoms. The highest BCUT2D eigenvalue weighted by molar-refractivity contribution is 5.88. The highest BCUT2D eigenvalue weighted by Gasteiger charge is 2.37. The monoisotopic (exact) mass is 656 g/mol. The number of piperidine rings is 1. The van der Waals surface area contributed by atoms with Gasteiger partial charge in [-0.25, -0.2) is 9.18 Å². The Balaban J connectivity index is 1.45. The van der Waals surface area contributed by atoms with Gasteiger partial charge in [0.25, 0.3) is 0 Å². The number of fused-ring (bicyclic) bond motifs is 1. The van der Waals surface area contributed by atoms with Crippen LogP contribution in [0.2, 0.25) is 0 Å². The van der Waals surface area contributed by atoms with Crippen LogP contribution in [0.25, 0.3) is 11.1 Å². The van der Waals surface area contributed by atoms with Gasteiger partial charge >= 0.3 is 5.97 Å². The first-order chi connectivity index (χ1) is 22.7. The van der Waals surface area contributed by atoms with Crippen LogP contribution in [0.15, 0.2) is 36.4 Å². The van der Waals surface area contributed by atoms with E-state index in [1.807, 2.05) is 40.7 Å². The summed E-state index contributed by atoms with van der Waals surface area (Å²) in [5.74, 6) is -1.18. The van der Waals surface area contributed by atoms with Crippen molar-refractivity contribution in [1.82, 2.24) is 14.8 Å². The van der Waals surface area contributed by atoms with E-state index >= 15 is 0 Å². The first-order valence-corrected chi connectivity index (χ1v) is 17.7. The van der Waals surface area contributed by atoms with Crippen molar-refractivity contribution >= 4 is 11.7 Å². The normalized spacial score (nSPS) is 19.1. The lowest BCUT2D eigenvalue weighted by molar-refractivity contribution is -0.160. The van der Waals surface area contributed by atoms with E-state index in [1.165, 1.54) is 17.5 Å². The van der Waals surface area contributed by atoms with Crippen molar-refractivity contribution < 1.29 is 19.0 Å². The molecule has 0 radical (unpaired) electrons. The molecule has 0 saturated carbocycles. The van der Waals surface area contributed by atoms with Crippen molar-refractivity contribution in [1.29, 1.82) is 0 Å². The summed E-state index contributed by atoms with van der Waals surface area (Å²) in [6.45, 7) is 21.4. The molecule has 0 amide bonds. The molecule has 1 N–H and O–H groups in total. The molecule has 48 heavy (non-hydrogen) atoms. The Morgan fingerprint density at radius 1 is 0.979 bits per heavy atom. The van der Waals surface area contributed by atoms with Gasteiger partial charge in [-0.2, -0.15) is 0 Å². The average Bonchev–Trinajstić information content (AvgIpc) is 2.98. The summed E-state index contributed by atoms with van der Waals surface area (Å²) in [5, 5.41) is 10.7. The molecule has 0 spiro atoms. The maximum atomic E-state index is 13.7. The van der Waals surface area contributed by atoms with E-state index in [0.717, 1.165) is 111 Å². The van der Waals surface area contributed by atoms with E-state index in [1.54, 1.807) is 12.1 Å². The Labute approximate surface area is 286 Å². The Bertz CT molecular complexity index is 1670. The van der Waals surface area contributed by atoms with Crippen LogP contribution in [0.1, 0.15) is 99.2 Å². The molecule has 6 rings (SSSR count). The van der Waals surface area contributed by atoms with Crippen molar-refractivity contribution in [2.24, 2.45) is 5.41 Å². The zero-order valence-electron chi connectivity index (χ0n) is 30.0. The maximum absolute atomic E-state index is 13.7. The number of hydrogen-bond donors (Lipinski definition) is 1. The minimum atomic E-state index is -1.14. The number of nitrogens with zero attached hydrogens (tertiary/aromatic N) is 4. The van der Waals surface area contributed by atoms with E-state index in [2.05, 4.69) is 46.7 Å². The van der Waals surface area contributed by atoms with E-state index in [-0.39, 0.29) is 11.2 Å². The first-order valence-electron chi connectivity index (χ1n) is 17.7. The summed E-state index contributed by atoms with van der Waals surface area (Å²) in [6.07, 6.45) is 3.02. The quantitative estimate of drug-likeness (QED) is 0.252. The number of aromatic nitrogens is 1. The fourth-order valence-corrected chi connectivity index (χ4v) is 7.47. The number of aliphatic carboxylic acids is 1. The number of aryl methyl sites for hydroxylation is 2. The van der Waals surface area contributed by atoms with Gasteiger partial charge in [-0.1, -0.05) is 38.1 Å². The summed E-state index contributed by atoms with van der Waals surface area (Å²) < 4.78 is 20.1. The lowest BCUT2D eigenvalue weighted by Gasteiger charge is -2.42. The molecule has 1 aromatic heterocycles. The molecule has 1 atom stereocenters. The minimum absolute atomic E-state index is 0.192. The molecule has 3 aliphatic heterocycles. The molecule has 3 aliphatic rings. The van der Waals surface area contributed by atoms with Crippen LogP contribution < -0.4 is 4.90 Å². The van der Waals surface area contributed by atoms with Crippen LogP contribution in [0.4, 0.5) is 10.1 Å². The molecule has 8 heteroatoms. The average molecular weight is 657 g/mol. The lowest BCUT2D eigenvalue weighted by Crippen LogP contribution is -2.40. The van der Waals surface area contributed by atoms with Crippen molar-refractivity contribution in [3.05, 3.63) is 81.4 Å². The van der Waals surface area contributed by atoms with E-state index < -0.39 is 17.7 Å². The topological polar surface area (TPSA) is 69.1 Å². The standard InChI is InChI=1S/C40H53FN4O3/c1-26-21-32(41)12-11-30(26)23-44-18-13-28-22-29(9-10-31(28)24-44)35-33(25-43-16-8-17-43)42-27(2)34(37(38(46)47)48-39(3,4)5)36(35)45-19-14-40(6,7)15-20-45/h9-12,21-22,37H,8,13-20,23-25H2,1-7H3,(H,46,47)/t37-/m0/s1. The van der Waals surface area contributed by atoms with Gasteiger partial charge < -0.3 is 14.7 Å². The molecule has 2 aromatic carbocycles. The van der Waals surface area contributed by atoms with Crippen molar-refractivity contribution in [3.63, 3.8) is 0 Å². The number of carbonyl (C=O) groups is 1. The number of anilines is 1. The predicted molar refractivity (Wildman–Crippen MR) is 190 cm³/mol. The zero-order chi connectivity index (χ0) is 34.4. The van der Waals surface area contributed by atoms with Gasteiger partial charge in [0.05, 0.1) is 17.0 Å². The largest absolute Gasteiger partial charge is 0.479 e. The van der Waals surface area contributed by atoms with Gasteiger partial charge in [-0.15, -0.1) is 0 Å². The number of rotatable bonds is 9. The molecule has 3 aromatic rings. The zero-order valence-corrected chi connectivity index (χ0v) is 30.0. The van der Waals surface area contributed by atoms with Crippen molar-refractivity contribution in [3.8, 4) is 11.1 Å². The first kappa shape index (κ1) is 34.5. The van der Waals surface area contributed by atoms with E-state index in [4.69, 9.17) is 9.72 Å². The Hall–Kier alpha value is -3.33. The fourth-order valence-electron chi connectivity index (χ4n) is 7.47. The third-order valence-corrected chi connectivity index (χ3v) is 10.5. The second-order valence-corrected chi connectivity index (χ2v) is 16.0. The Morgan fingerprint density at radius 2 is 1.71 bits per heavy atom. The molecule has 7 nitrogen and oxygen atoms in total. The van der Waals surface area contributed by atoms with Crippen molar-refractivity contribution in [2.45, 2.75) is 105 Å². The number of ether oxygens (including phenoxy) is 1. The van der Waals surface area contributed by atoms with E-state index in [9.17, 15) is 14.3 Å². The van der Waals surface area contributed by atoms with Crippen LogP contribution in [0, 0.1) is 25.1 Å². The number of likely N-dealkylation sites (tertiary alicyclic amines) is 1.